The maximum Gasteiger partial charge on any atom is 0.337 e. The molecule has 0 radical (unpaired) electrons. The van der Waals surface area contributed by atoms with E-state index < -0.39 is 5.97 Å². The molecule has 0 N–H and O–H groups in total. The van der Waals surface area contributed by atoms with Gasteiger partial charge in [0.1, 0.15) is 11.5 Å². The number of fused-ring (bicyclic) bond motifs is 1. The molecule has 0 amide bonds. The van der Waals surface area contributed by atoms with E-state index in [-0.39, 0.29) is 0 Å². The molecule has 3 rings (SSSR count). The molecular formula is C18H15NO4. The van der Waals surface area contributed by atoms with Gasteiger partial charge in [-0.25, -0.2) is 9.78 Å². The number of para-hydroxylation sites is 1. The maximum absolute atomic E-state index is 11.6. The highest BCUT2D eigenvalue weighted by Gasteiger charge is 2.10. The zero-order valence-electron chi connectivity index (χ0n) is 12.8. The van der Waals surface area contributed by atoms with Crippen LogP contribution in [0.2, 0.25) is 0 Å². The quantitative estimate of drug-likeness (QED) is 0.686. The smallest absolute Gasteiger partial charge is 0.337 e. The van der Waals surface area contributed by atoms with Crippen molar-refractivity contribution in [1.29, 1.82) is 0 Å². The Labute approximate surface area is 133 Å². The van der Waals surface area contributed by atoms with Crippen molar-refractivity contribution < 1.29 is 19.0 Å². The Morgan fingerprint density at radius 2 is 1.83 bits per heavy atom. The van der Waals surface area contributed by atoms with Crippen molar-refractivity contribution >= 4 is 16.9 Å². The van der Waals surface area contributed by atoms with Crippen LogP contribution in [0.3, 0.4) is 0 Å². The minimum atomic E-state index is -0.410. The Balaban J connectivity index is 2.03. The summed E-state index contributed by atoms with van der Waals surface area (Å²) in [4.78, 5) is 16.0. The zero-order valence-corrected chi connectivity index (χ0v) is 12.8. The molecule has 0 spiro atoms. The van der Waals surface area contributed by atoms with Gasteiger partial charge in [-0.3, -0.25) is 0 Å². The van der Waals surface area contributed by atoms with Crippen molar-refractivity contribution in [2.24, 2.45) is 0 Å². The van der Waals surface area contributed by atoms with E-state index in [0.717, 1.165) is 10.9 Å². The lowest BCUT2D eigenvalue weighted by molar-refractivity contribution is 0.0600. The molecule has 1 aromatic heterocycles. The number of aromatic nitrogens is 1. The van der Waals surface area contributed by atoms with Crippen LogP contribution < -0.4 is 9.47 Å². The van der Waals surface area contributed by atoms with E-state index in [1.807, 2.05) is 24.3 Å². The number of nitrogens with zero attached hydrogens (tertiary/aromatic N) is 1. The van der Waals surface area contributed by atoms with Crippen LogP contribution in [-0.4, -0.2) is 25.2 Å². The largest absolute Gasteiger partial charge is 0.481 e. The Morgan fingerprint density at radius 1 is 1.00 bits per heavy atom. The van der Waals surface area contributed by atoms with Crippen molar-refractivity contribution in [2.75, 3.05) is 14.2 Å². The molecule has 116 valence electrons. The molecule has 3 aromatic rings. The molecule has 0 aliphatic carbocycles. The summed E-state index contributed by atoms with van der Waals surface area (Å²) >= 11 is 0. The molecule has 0 saturated heterocycles. The van der Waals surface area contributed by atoms with E-state index in [9.17, 15) is 4.79 Å². The van der Waals surface area contributed by atoms with Crippen LogP contribution in [0.25, 0.3) is 10.9 Å². The third-order valence-electron chi connectivity index (χ3n) is 3.35. The molecule has 5 heteroatoms. The van der Waals surface area contributed by atoms with E-state index in [0.29, 0.717) is 22.9 Å². The number of benzene rings is 2. The second-order valence-corrected chi connectivity index (χ2v) is 4.80. The standard InChI is InChI=1S/C18H15NO4/c1-21-17-11-16(14-8-3-4-9-15(14)19-17)23-13-7-5-6-12(10-13)18(20)22-2/h3-11H,1-2H3. The molecule has 0 saturated carbocycles. The van der Waals surface area contributed by atoms with Gasteiger partial charge < -0.3 is 14.2 Å². The van der Waals surface area contributed by atoms with Crippen molar-refractivity contribution in [2.45, 2.75) is 0 Å². The van der Waals surface area contributed by atoms with Crippen LogP contribution in [0.4, 0.5) is 0 Å². The summed E-state index contributed by atoms with van der Waals surface area (Å²) in [5, 5.41) is 0.858. The van der Waals surface area contributed by atoms with E-state index >= 15 is 0 Å². The van der Waals surface area contributed by atoms with Gasteiger partial charge in [0, 0.05) is 11.5 Å². The third kappa shape index (κ3) is 3.08. The number of esters is 1. The van der Waals surface area contributed by atoms with Gasteiger partial charge in [-0.15, -0.1) is 0 Å². The number of rotatable bonds is 4. The number of hydrogen-bond acceptors (Lipinski definition) is 5. The van der Waals surface area contributed by atoms with Gasteiger partial charge in [0.2, 0.25) is 5.88 Å². The van der Waals surface area contributed by atoms with Gasteiger partial charge in [-0.05, 0) is 30.3 Å². The maximum atomic E-state index is 11.6. The first-order valence-corrected chi connectivity index (χ1v) is 7.01. The fourth-order valence-corrected chi connectivity index (χ4v) is 2.24. The Bertz CT molecular complexity index is 861. The molecule has 0 aliphatic rings. The first kappa shape index (κ1) is 14.8. The highest BCUT2D eigenvalue weighted by atomic mass is 16.5. The van der Waals surface area contributed by atoms with Crippen LogP contribution in [-0.2, 0) is 4.74 Å². The van der Waals surface area contributed by atoms with E-state index in [4.69, 9.17) is 14.2 Å². The van der Waals surface area contributed by atoms with E-state index in [1.54, 1.807) is 37.4 Å². The summed E-state index contributed by atoms with van der Waals surface area (Å²) in [6, 6.07) is 16.1. The number of carbonyl (C=O) groups is 1. The average Bonchev–Trinajstić information content (AvgIpc) is 2.61. The lowest BCUT2D eigenvalue weighted by Gasteiger charge is -2.11. The van der Waals surface area contributed by atoms with Crippen LogP contribution in [0.5, 0.6) is 17.4 Å². The summed E-state index contributed by atoms with van der Waals surface area (Å²) in [6.07, 6.45) is 0. The van der Waals surface area contributed by atoms with Crippen LogP contribution in [0.15, 0.2) is 54.6 Å². The molecule has 2 aromatic carbocycles. The van der Waals surface area contributed by atoms with Gasteiger partial charge in [0.25, 0.3) is 0 Å². The summed E-state index contributed by atoms with van der Waals surface area (Å²) < 4.78 is 15.9. The number of methoxy groups -OCH3 is 2. The molecule has 0 fully saturated rings. The SMILES string of the molecule is COC(=O)c1cccc(Oc2cc(OC)nc3ccccc23)c1. The fourth-order valence-electron chi connectivity index (χ4n) is 2.24. The summed E-state index contributed by atoms with van der Waals surface area (Å²) in [5.41, 5.74) is 1.20. The number of pyridine rings is 1. The van der Waals surface area contributed by atoms with Crippen molar-refractivity contribution in [3.8, 4) is 17.4 Å². The topological polar surface area (TPSA) is 57.7 Å². The lowest BCUT2D eigenvalue weighted by Crippen LogP contribution is -2.01. The highest BCUT2D eigenvalue weighted by molar-refractivity contribution is 5.90. The minimum absolute atomic E-state index is 0.410. The predicted molar refractivity (Wildman–Crippen MR) is 86.2 cm³/mol. The first-order chi connectivity index (χ1) is 11.2. The molecule has 0 aliphatic heterocycles. The second-order valence-electron chi connectivity index (χ2n) is 4.80. The van der Waals surface area contributed by atoms with E-state index in [2.05, 4.69) is 4.98 Å². The Morgan fingerprint density at radius 3 is 2.61 bits per heavy atom. The summed E-state index contributed by atoms with van der Waals surface area (Å²) in [5.74, 6) is 1.19. The number of hydrogen-bond donors (Lipinski definition) is 0. The Hall–Kier alpha value is -3.08. The van der Waals surface area contributed by atoms with Gasteiger partial charge >= 0.3 is 5.97 Å². The van der Waals surface area contributed by atoms with Crippen LogP contribution in [0, 0.1) is 0 Å². The van der Waals surface area contributed by atoms with Crippen LogP contribution in [0.1, 0.15) is 10.4 Å². The Kier molecular flexibility index (Phi) is 4.10. The third-order valence-corrected chi connectivity index (χ3v) is 3.35. The van der Waals surface area contributed by atoms with Crippen LogP contribution >= 0.6 is 0 Å². The molecular weight excluding hydrogens is 294 g/mol. The predicted octanol–water partition coefficient (Wildman–Crippen LogP) is 3.82. The molecule has 0 bridgehead atoms. The lowest BCUT2D eigenvalue weighted by atomic mass is 10.2. The van der Waals surface area contributed by atoms with Gasteiger partial charge in [0.05, 0.1) is 25.3 Å². The van der Waals surface area contributed by atoms with E-state index in [1.165, 1.54) is 7.11 Å². The normalized spacial score (nSPS) is 10.3. The first-order valence-electron chi connectivity index (χ1n) is 7.01. The minimum Gasteiger partial charge on any atom is -0.481 e. The summed E-state index contributed by atoms with van der Waals surface area (Å²) in [7, 11) is 2.90. The molecule has 23 heavy (non-hydrogen) atoms. The van der Waals surface area contributed by atoms with Crippen molar-refractivity contribution in [1.82, 2.24) is 4.98 Å². The molecule has 5 nitrogen and oxygen atoms in total. The fraction of sp³-hybridized carbons (Fsp3) is 0.111. The summed E-state index contributed by atoms with van der Waals surface area (Å²) in [6.45, 7) is 0. The molecule has 0 unspecified atom stereocenters. The van der Waals surface area contributed by atoms with Gasteiger partial charge in [0.15, 0.2) is 0 Å². The van der Waals surface area contributed by atoms with Crippen molar-refractivity contribution in [3.05, 3.63) is 60.2 Å². The molecule has 1 heterocycles. The average molecular weight is 309 g/mol. The number of ether oxygens (including phenoxy) is 3. The van der Waals surface area contributed by atoms with Gasteiger partial charge in [-0.2, -0.15) is 0 Å². The molecule has 0 atom stereocenters. The van der Waals surface area contributed by atoms with Crippen molar-refractivity contribution in [3.63, 3.8) is 0 Å². The second kappa shape index (κ2) is 6.36. The highest BCUT2D eigenvalue weighted by Crippen LogP contribution is 2.32. The van der Waals surface area contributed by atoms with Gasteiger partial charge in [-0.1, -0.05) is 18.2 Å². The number of carbonyl (C=O) groups excluding carboxylic acids is 1. The monoisotopic (exact) mass is 309 g/mol. The zero-order chi connectivity index (χ0) is 16.2.